The average Bonchev–Trinajstić information content (AvgIpc) is 2.82. The minimum Gasteiger partial charge on any atom is -0.484 e. The molecule has 1 N–H and O–H groups in total. The van der Waals surface area contributed by atoms with Crippen LogP contribution in [-0.2, 0) is 22.6 Å². The lowest BCUT2D eigenvalue weighted by Crippen LogP contribution is -2.51. The van der Waals surface area contributed by atoms with Crippen molar-refractivity contribution in [3.8, 4) is 5.75 Å². The van der Waals surface area contributed by atoms with Crippen LogP contribution in [0.1, 0.15) is 18.1 Å². The van der Waals surface area contributed by atoms with E-state index < -0.39 is 6.04 Å². The Labute approximate surface area is 211 Å². The molecule has 5 nitrogen and oxygen atoms in total. The monoisotopic (exact) mass is 572 g/mol. The second-order valence-corrected chi connectivity index (χ2v) is 9.32. The molecule has 0 aliphatic carbocycles. The van der Waals surface area contributed by atoms with Crippen LogP contribution < -0.4 is 10.1 Å². The highest BCUT2D eigenvalue weighted by molar-refractivity contribution is 9.10. The van der Waals surface area contributed by atoms with Crippen LogP contribution in [0.25, 0.3) is 0 Å². The van der Waals surface area contributed by atoms with Gasteiger partial charge in [-0.3, -0.25) is 9.59 Å². The van der Waals surface area contributed by atoms with E-state index in [1.54, 1.807) is 17.0 Å². The summed E-state index contributed by atoms with van der Waals surface area (Å²) in [5, 5.41) is 2.89. The van der Waals surface area contributed by atoms with Crippen molar-refractivity contribution in [2.45, 2.75) is 25.9 Å². The fraction of sp³-hybridized carbons (Fsp3) is 0.231. The molecule has 2 amide bonds. The quantitative estimate of drug-likeness (QED) is 0.355. The number of likely N-dealkylation sites (N-methyl/N-ethyl adjacent to an activating group) is 1. The second kappa shape index (κ2) is 12.6. The maximum atomic E-state index is 13.4. The number of rotatable bonds is 10. The number of carbonyl (C=O) groups excluding carboxylic acids is 2. The van der Waals surface area contributed by atoms with Gasteiger partial charge in [0.05, 0.1) is 0 Å². The first-order valence-corrected chi connectivity index (χ1v) is 12.3. The van der Waals surface area contributed by atoms with E-state index in [0.29, 0.717) is 25.3 Å². The zero-order valence-electron chi connectivity index (χ0n) is 18.3. The number of carbonyl (C=O) groups is 2. The van der Waals surface area contributed by atoms with Crippen LogP contribution in [0.4, 0.5) is 0 Å². The van der Waals surface area contributed by atoms with Crippen LogP contribution in [0.5, 0.6) is 5.75 Å². The molecular weight excluding hydrogens is 548 g/mol. The third kappa shape index (κ3) is 7.72. The molecule has 3 aromatic rings. The number of nitrogens with one attached hydrogen (secondary N) is 1. The van der Waals surface area contributed by atoms with Gasteiger partial charge in [0.15, 0.2) is 6.61 Å². The van der Waals surface area contributed by atoms with Crippen LogP contribution in [-0.4, -0.2) is 35.9 Å². The number of benzene rings is 3. The lowest BCUT2D eigenvalue weighted by Gasteiger charge is -2.31. The van der Waals surface area contributed by atoms with E-state index in [9.17, 15) is 9.59 Å². The van der Waals surface area contributed by atoms with Gasteiger partial charge in [0, 0.05) is 28.5 Å². The Hall–Kier alpha value is -2.64. The van der Waals surface area contributed by atoms with E-state index in [0.717, 1.165) is 20.1 Å². The molecule has 1 atom stereocenters. The topological polar surface area (TPSA) is 58.6 Å². The fourth-order valence-electron chi connectivity index (χ4n) is 3.39. The van der Waals surface area contributed by atoms with Crippen LogP contribution in [0.2, 0.25) is 0 Å². The molecule has 0 saturated heterocycles. The minimum atomic E-state index is -0.669. The number of hydrogen-bond acceptors (Lipinski definition) is 3. The lowest BCUT2D eigenvalue weighted by molar-refractivity contribution is -0.142. The zero-order valence-corrected chi connectivity index (χ0v) is 21.5. The van der Waals surface area contributed by atoms with E-state index in [1.165, 1.54) is 0 Å². The molecule has 0 heterocycles. The predicted molar refractivity (Wildman–Crippen MR) is 137 cm³/mol. The SMILES string of the molecule is CCNC(=O)C(Cc1ccccc1)N(Cc1ccc(Br)cc1)C(=O)COc1ccc(Br)cc1. The summed E-state index contributed by atoms with van der Waals surface area (Å²) in [6.45, 7) is 2.49. The molecule has 0 aromatic heterocycles. The Kier molecular flexibility index (Phi) is 9.51. The smallest absolute Gasteiger partial charge is 0.261 e. The Morgan fingerprint density at radius 1 is 0.879 bits per heavy atom. The van der Waals surface area contributed by atoms with E-state index in [1.807, 2.05) is 73.7 Å². The Morgan fingerprint density at radius 2 is 1.48 bits per heavy atom. The summed E-state index contributed by atoms with van der Waals surface area (Å²) in [5.41, 5.74) is 1.91. The minimum absolute atomic E-state index is 0.164. The number of nitrogens with zero attached hydrogens (tertiary/aromatic N) is 1. The predicted octanol–water partition coefficient (Wildman–Crippen LogP) is 5.37. The first-order valence-electron chi connectivity index (χ1n) is 10.7. The maximum Gasteiger partial charge on any atom is 0.261 e. The molecular formula is C26H26Br2N2O3. The first-order chi connectivity index (χ1) is 16.0. The van der Waals surface area contributed by atoms with Gasteiger partial charge in [-0.1, -0.05) is 74.3 Å². The van der Waals surface area contributed by atoms with Crippen molar-refractivity contribution in [1.82, 2.24) is 10.2 Å². The van der Waals surface area contributed by atoms with Gasteiger partial charge in [-0.15, -0.1) is 0 Å². The van der Waals surface area contributed by atoms with Gasteiger partial charge in [-0.2, -0.15) is 0 Å². The molecule has 3 aromatic carbocycles. The number of hydrogen-bond donors (Lipinski definition) is 1. The van der Waals surface area contributed by atoms with Crippen molar-refractivity contribution in [1.29, 1.82) is 0 Å². The third-order valence-electron chi connectivity index (χ3n) is 5.06. The molecule has 1 unspecified atom stereocenters. The summed E-state index contributed by atoms with van der Waals surface area (Å²) < 4.78 is 7.63. The summed E-state index contributed by atoms with van der Waals surface area (Å²) in [6, 6.07) is 24.1. The van der Waals surface area contributed by atoms with Gasteiger partial charge >= 0.3 is 0 Å². The van der Waals surface area contributed by atoms with E-state index in [-0.39, 0.29) is 18.4 Å². The zero-order chi connectivity index (χ0) is 23.6. The summed E-state index contributed by atoms with van der Waals surface area (Å²) in [6.07, 6.45) is 0.410. The molecule has 172 valence electrons. The highest BCUT2D eigenvalue weighted by Gasteiger charge is 2.30. The van der Waals surface area contributed by atoms with E-state index in [2.05, 4.69) is 37.2 Å². The molecule has 0 spiro atoms. The average molecular weight is 574 g/mol. The highest BCUT2D eigenvalue weighted by atomic mass is 79.9. The molecule has 0 saturated carbocycles. The molecule has 0 radical (unpaired) electrons. The van der Waals surface area contributed by atoms with E-state index >= 15 is 0 Å². The van der Waals surface area contributed by atoms with Crippen molar-refractivity contribution in [2.75, 3.05) is 13.2 Å². The van der Waals surface area contributed by atoms with Crippen molar-refractivity contribution in [3.05, 3.63) is 98.9 Å². The fourth-order valence-corrected chi connectivity index (χ4v) is 3.92. The van der Waals surface area contributed by atoms with Gasteiger partial charge in [0.25, 0.3) is 5.91 Å². The Bertz CT molecular complexity index is 1040. The van der Waals surface area contributed by atoms with Gasteiger partial charge in [0.1, 0.15) is 11.8 Å². The standard InChI is InChI=1S/C26H26Br2N2O3/c1-2-29-26(32)24(16-19-6-4-3-5-7-19)30(17-20-8-10-21(27)11-9-20)25(31)18-33-23-14-12-22(28)13-15-23/h3-15,24H,2,16-18H2,1H3,(H,29,32). The molecule has 0 bridgehead atoms. The molecule has 0 fully saturated rings. The van der Waals surface area contributed by atoms with Gasteiger partial charge in [-0.05, 0) is 54.4 Å². The molecule has 33 heavy (non-hydrogen) atoms. The van der Waals surface area contributed by atoms with E-state index in [4.69, 9.17) is 4.74 Å². The summed E-state index contributed by atoms with van der Waals surface area (Å²) >= 11 is 6.84. The number of ether oxygens (including phenoxy) is 1. The Balaban J connectivity index is 1.87. The maximum absolute atomic E-state index is 13.4. The highest BCUT2D eigenvalue weighted by Crippen LogP contribution is 2.19. The van der Waals surface area contributed by atoms with Crippen LogP contribution in [0.3, 0.4) is 0 Å². The van der Waals surface area contributed by atoms with Crippen molar-refractivity contribution < 1.29 is 14.3 Å². The molecule has 7 heteroatoms. The van der Waals surface area contributed by atoms with Gasteiger partial charge in [-0.25, -0.2) is 0 Å². The summed E-state index contributed by atoms with van der Waals surface area (Å²) in [7, 11) is 0. The van der Waals surface area contributed by atoms with Crippen LogP contribution in [0.15, 0.2) is 87.8 Å². The Morgan fingerprint density at radius 3 is 2.09 bits per heavy atom. The van der Waals surface area contributed by atoms with Crippen molar-refractivity contribution >= 4 is 43.7 Å². The largest absolute Gasteiger partial charge is 0.484 e. The second-order valence-electron chi connectivity index (χ2n) is 7.49. The van der Waals surface area contributed by atoms with Crippen LogP contribution >= 0.6 is 31.9 Å². The first kappa shape index (κ1) is 25.0. The normalized spacial score (nSPS) is 11.5. The third-order valence-corrected chi connectivity index (χ3v) is 6.12. The number of halogens is 2. The summed E-state index contributed by atoms with van der Waals surface area (Å²) in [5.74, 6) is 0.149. The van der Waals surface area contributed by atoms with Crippen LogP contribution in [0, 0.1) is 0 Å². The summed E-state index contributed by atoms with van der Waals surface area (Å²) in [4.78, 5) is 28.1. The van der Waals surface area contributed by atoms with Gasteiger partial charge in [0.2, 0.25) is 5.91 Å². The molecule has 0 aliphatic rings. The lowest BCUT2D eigenvalue weighted by atomic mass is 10.0. The molecule has 0 aliphatic heterocycles. The van der Waals surface area contributed by atoms with Crippen molar-refractivity contribution in [3.63, 3.8) is 0 Å². The number of amides is 2. The van der Waals surface area contributed by atoms with Crippen molar-refractivity contribution in [2.24, 2.45) is 0 Å². The molecule has 3 rings (SSSR count). The van der Waals surface area contributed by atoms with Gasteiger partial charge < -0.3 is 15.0 Å².